The molecule has 0 saturated carbocycles. The van der Waals surface area contributed by atoms with Crippen LogP contribution >= 0.6 is 0 Å². The van der Waals surface area contributed by atoms with Gasteiger partial charge in [0.25, 0.3) is 5.91 Å². The molecule has 0 spiro atoms. The Kier molecular flexibility index (Phi) is 5.07. The predicted octanol–water partition coefficient (Wildman–Crippen LogP) is 2.70. The lowest BCUT2D eigenvalue weighted by Gasteiger charge is -2.29. The molecule has 0 atom stereocenters. The number of benzene rings is 1. The highest BCUT2D eigenvalue weighted by molar-refractivity contribution is 6.08. The molecule has 0 saturated heterocycles. The molecule has 2 aromatic heterocycles. The van der Waals surface area contributed by atoms with Crippen LogP contribution in [0.1, 0.15) is 15.9 Å². The number of hydrogen-bond acceptors (Lipinski definition) is 6. The van der Waals surface area contributed by atoms with Crippen LogP contribution in [-0.2, 0) is 11.3 Å². The van der Waals surface area contributed by atoms with Crippen molar-refractivity contribution < 1.29 is 14.3 Å². The molecular formula is C21H19N5O3. The van der Waals surface area contributed by atoms with Gasteiger partial charge < -0.3 is 20.3 Å². The molecule has 0 aliphatic carbocycles. The van der Waals surface area contributed by atoms with E-state index in [1.165, 1.54) is 13.3 Å². The third kappa shape index (κ3) is 3.86. The second-order valence-electron chi connectivity index (χ2n) is 6.43. The lowest BCUT2D eigenvalue weighted by atomic mass is 10.1. The molecule has 0 radical (unpaired) electrons. The maximum Gasteiger partial charge on any atom is 0.257 e. The molecule has 2 amide bonds. The molecule has 4 rings (SSSR count). The van der Waals surface area contributed by atoms with Crippen molar-refractivity contribution in [2.45, 2.75) is 6.54 Å². The van der Waals surface area contributed by atoms with Gasteiger partial charge in [0.2, 0.25) is 11.8 Å². The molecule has 8 heteroatoms. The van der Waals surface area contributed by atoms with Gasteiger partial charge in [-0.25, -0.2) is 9.97 Å². The Morgan fingerprint density at radius 3 is 2.83 bits per heavy atom. The summed E-state index contributed by atoms with van der Waals surface area (Å²) in [6.45, 7) is 0.558. The number of carbonyl (C=O) groups is 2. The number of aromatic nitrogens is 2. The van der Waals surface area contributed by atoms with Crippen molar-refractivity contribution in [1.29, 1.82) is 0 Å². The minimum Gasteiger partial charge on any atom is -0.480 e. The van der Waals surface area contributed by atoms with Crippen LogP contribution in [-0.4, -0.2) is 35.4 Å². The Labute approximate surface area is 167 Å². The van der Waals surface area contributed by atoms with Crippen LogP contribution in [0.15, 0.2) is 60.9 Å². The van der Waals surface area contributed by atoms with Gasteiger partial charge >= 0.3 is 0 Å². The quantitative estimate of drug-likeness (QED) is 0.697. The second kappa shape index (κ2) is 7.97. The first-order valence-electron chi connectivity index (χ1n) is 9.04. The molecule has 3 heterocycles. The molecular weight excluding hydrogens is 370 g/mol. The fraction of sp³-hybridized carbons (Fsp3) is 0.143. The van der Waals surface area contributed by atoms with Gasteiger partial charge in [-0.2, -0.15) is 0 Å². The Morgan fingerprint density at radius 2 is 2.03 bits per heavy atom. The van der Waals surface area contributed by atoms with Crippen molar-refractivity contribution in [3.8, 4) is 5.88 Å². The summed E-state index contributed by atoms with van der Waals surface area (Å²) in [7, 11) is 1.48. The number of nitrogens with zero attached hydrogens (tertiary/aromatic N) is 3. The molecule has 1 aromatic carbocycles. The number of anilines is 3. The minimum atomic E-state index is -0.371. The lowest BCUT2D eigenvalue weighted by molar-refractivity contribution is -0.117. The highest BCUT2D eigenvalue weighted by Gasteiger charge is 2.26. The number of pyridine rings is 2. The number of fused-ring (bicyclic) bond motifs is 1. The predicted molar refractivity (Wildman–Crippen MR) is 109 cm³/mol. The Hall–Kier alpha value is -3.94. The average Bonchev–Trinajstić information content (AvgIpc) is 2.76. The van der Waals surface area contributed by atoms with E-state index in [9.17, 15) is 9.59 Å². The van der Waals surface area contributed by atoms with E-state index in [0.29, 0.717) is 35.2 Å². The van der Waals surface area contributed by atoms with Crippen molar-refractivity contribution in [1.82, 2.24) is 9.97 Å². The Bertz CT molecular complexity index is 1060. The summed E-state index contributed by atoms with van der Waals surface area (Å²) < 4.78 is 5.17. The number of carbonyl (C=O) groups excluding carboxylic acids is 2. The van der Waals surface area contributed by atoms with Crippen molar-refractivity contribution in [2.75, 3.05) is 29.2 Å². The number of hydrogen-bond donors (Lipinski definition) is 2. The standard InChI is InChI=1S/C21H19N5O3/c1-29-21-16(8-5-9-22-21)25-20(28)15-10-17-19(23-11-15)24-12-18(27)26(17)13-14-6-3-2-4-7-14/h2-11H,12-13H2,1H3,(H,23,24)(H,25,28). The van der Waals surface area contributed by atoms with E-state index >= 15 is 0 Å². The molecule has 0 fully saturated rings. The molecule has 29 heavy (non-hydrogen) atoms. The Morgan fingerprint density at radius 1 is 1.21 bits per heavy atom. The first-order valence-corrected chi connectivity index (χ1v) is 9.04. The van der Waals surface area contributed by atoms with E-state index in [0.717, 1.165) is 5.56 Å². The molecule has 146 valence electrons. The normalized spacial score (nSPS) is 12.7. The number of amides is 2. The zero-order valence-corrected chi connectivity index (χ0v) is 15.8. The zero-order valence-electron chi connectivity index (χ0n) is 15.8. The highest BCUT2D eigenvalue weighted by atomic mass is 16.5. The zero-order chi connectivity index (χ0) is 20.2. The smallest absolute Gasteiger partial charge is 0.257 e. The molecule has 2 N–H and O–H groups in total. The van der Waals surface area contributed by atoms with Crippen LogP contribution in [0.3, 0.4) is 0 Å². The van der Waals surface area contributed by atoms with E-state index in [1.54, 1.807) is 29.3 Å². The van der Waals surface area contributed by atoms with Gasteiger partial charge in [0.05, 0.1) is 31.5 Å². The van der Waals surface area contributed by atoms with Gasteiger partial charge in [0.15, 0.2) is 5.82 Å². The summed E-state index contributed by atoms with van der Waals surface area (Å²) in [5.74, 6) is 0.421. The molecule has 3 aromatic rings. The van der Waals surface area contributed by atoms with E-state index in [1.807, 2.05) is 30.3 Å². The lowest BCUT2D eigenvalue weighted by Crippen LogP contribution is -2.40. The number of methoxy groups -OCH3 is 1. The van der Waals surface area contributed by atoms with Gasteiger partial charge in [-0.05, 0) is 23.8 Å². The summed E-state index contributed by atoms with van der Waals surface area (Å²) in [5, 5.41) is 5.77. The van der Waals surface area contributed by atoms with Gasteiger partial charge in [0, 0.05) is 12.4 Å². The van der Waals surface area contributed by atoms with Crippen LogP contribution in [0.5, 0.6) is 5.88 Å². The van der Waals surface area contributed by atoms with E-state index in [-0.39, 0.29) is 18.4 Å². The summed E-state index contributed by atoms with van der Waals surface area (Å²) in [6, 6.07) is 14.7. The maximum absolute atomic E-state index is 12.8. The van der Waals surface area contributed by atoms with Gasteiger partial charge in [-0.15, -0.1) is 0 Å². The van der Waals surface area contributed by atoms with Crippen LogP contribution in [0.2, 0.25) is 0 Å². The fourth-order valence-electron chi connectivity index (χ4n) is 3.09. The second-order valence-corrected chi connectivity index (χ2v) is 6.43. The van der Waals surface area contributed by atoms with Crippen molar-refractivity contribution >= 4 is 29.0 Å². The molecule has 1 aliphatic heterocycles. The van der Waals surface area contributed by atoms with Crippen molar-refractivity contribution in [3.63, 3.8) is 0 Å². The average molecular weight is 389 g/mol. The fourth-order valence-corrected chi connectivity index (χ4v) is 3.09. The van der Waals surface area contributed by atoms with E-state index in [4.69, 9.17) is 4.74 Å². The monoisotopic (exact) mass is 389 g/mol. The van der Waals surface area contributed by atoms with Crippen molar-refractivity contribution in [2.24, 2.45) is 0 Å². The highest BCUT2D eigenvalue weighted by Crippen LogP contribution is 2.30. The summed E-state index contributed by atoms with van der Waals surface area (Å²) >= 11 is 0. The SMILES string of the molecule is COc1ncccc1NC(=O)c1cnc2c(c1)N(Cc1ccccc1)C(=O)CN2. The first kappa shape index (κ1) is 18.4. The molecule has 1 aliphatic rings. The summed E-state index contributed by atoms with van der Waals surface area (Å²) in [4.78, 5) is 35.3. The maximum atomic E-state index is 12.8. The van der Waals surface area contributed by atoms with E-state index in [2.05, 4.69) is 20.6 Å². The van der Waals surface area contributed by atoms with Crippen molar-refractivity contribution in [3.05, 3.63) is 72.1 Å². The van der Waals surface area contributed by atoms with Crippen LogP contribution in [0.4, 0.5) is 17.2 Å². The number of ether oxygens (including phenoxy) is 1. The topological polar surface area (TPSA) is 96.4 Å². The largest absolute Gasteiger partial charge is 0.480 e. The molecule has 8 nitrogen and oxygen atoms in total. The minimum absolute atomic E-state index is 0.0883. The molecule has 0 unspecified atom stereocenters. The van der Waals surface area contributed by atoms with Gasteiger partial charge in [-0.1, -0.05) is 30.3 Å². The third-order valence-electron chi connectivity index (χ3n) is 4.52. The number of nitrogens with one attached hydrogen (secondary N) is 2. The van der Waals surface area contributed by atoms with Crippen LogP contribution in [0.25, 0.3) is 0 Å². The molecule has 0 bridgehead atoms. The van der Waals surface area contributed by atoms with Crippen LogP contribution < -0.4 is 20.3 Å². The summed E-state index contributed by atoms with van der Waals surface area (Å²) in [5.41, 5.74) is 2.33. The number of rotatable bonds is 5. The van der Waals surface area contributed by atoms with Gasteiger partial charge in [-0.3, -0.25) is 9.59 Å². The van der Waals surface area contributed by atoms with E-state index < -0.39 is 0 Å². The summed E-state index contributed by atoms with van der Waals surface area (Å²) in [6.07, 6.45) is 3.05. The van der Waals surface area contributed by atoms with Gasteiger partial charge in [0.1, 0.15) is 5.69 Å². The third-order valence-corrected chi connectivity index (χ3v) is 4.52. The Balaban J connectivity index is 1.62. The van der Waals surface area contributed by atoms with Crippen LogP contribution in [0, 0.1) is 0 Å². The first-order chi connectivity index (χ1) is 14.2.